The molecule has 1 aromatic heterocycles. The Hall–Kier alpha value is -2.31. The van der Waals surface area contributed by atoms with Crippen LogP contribution >= 0.6 is 0 Å². The first-order chi connectivity index (χ1) is 9.95. The molecule has 21 heavy (non-hydrogen) atoms. The average Bonchev–Trinajstić information content (AvgIpc) is 2.91. The number of carbonyl (C=O) groups excluding carboxylic acids is 1. The van der Waals surface area contributed by atoms with Gasteiger partial charge in [0.2, 0.25) is 0 Å². The van der Waals surface area contributed by atoms with Crippen LogP contribution in [0.2, 0.25) is 0 Å². The van der Waals surface area contributed by atoms with Crippen LogP contribution in [0.4, 0.5) is 13.2 Å². The zero-order valence-corrected chi connectivity index (χ0v) is 11.2. The number of hydrogen-bond donors (Lipinski definition) is 0. The van der Waals surface area contributed by atoms with E-state index in [0.29, 0.717) is 18.5 Å². The Morgan fingerprint density at radius 1 is 1.38 bits per heavy atom. The van der Waals surface area contributed by atoms with Crippen molar-refractivity contribution in [2.75, 3.05) is 0 Å². The lowest BCUT2D eigenvalue weighted by Crippen LogP contribution is -2.10. The summed E-state index contributed by atoms with van der Waals surface area (Å²) in [6, 6.07) is 3.22. The van der Waals surface area contributed by atoms with E-state index >= 15 is 0 Å². The average molecular weight is 298 g/mol. The molecule has 0 spiro atoms. The lowest BCUT2D eigenvalue weighted by Gasteiger charge is -2.14. The van der Waals surface area contributed by atoms with E-state index in [1.54, 1.807) is 10.9 Å². The third-order valence-electron chi connectivity index (χ3n) is 2.96. The van der Waals surface area contributed by atoms with Gasteiger partial charge in [-0.1, -0.05) is 0 Å². The van der Waals surface area contributed by atoms with Gasteiger partial charge in [0.15, 0.2) is 0 Å². The summed E-state index contributed by atoms with van der Waals surface area (Å²) in [5.74, 6) is -0.308. The molecule has 0 saturated heterocycles. The number of nitrogens with zero attached hydrogens (tertiary/aromatic N) is 2. The van der Waals surface area contributed by atoms with Crippen LogP contribution in [0.3, 0.4) is 0 Å². The first-order valence-electron chi connectivity index (χ1n) is 6.24. The first-order valence-corrected chi connectivity index (χ1v) is 6.24. The second kappa shape index (κ2) is 5.99. The molecule has 0 fully saturated rings. The molecule has 0 aliphatic carbocycles. The van der Waals surface area contributed by atoms with Crippen molar-refractivity contribution < 1.29 is 22.7 Å². The summed E-state index contributed by atoms with van der Waals surface area (Å²) in [6.07, 6.45) is -1.10. The topological polar surface area (TPSA) is 44.1 Å². The van der Waals surface area contributed by atoms with Crippen LogP contribution in [0.25, 0.3) is 0 Å². The van der Waals surface area contributed by atoms with Gasteiger partial charge in [0, 0.05) is 12.1 Å². The largest absolute Gasteiger partial charge is 0.487 e. The van der Waals surface area contributed by atoms with Crippen LogP contribution in [0, 0.1) is 0 Å². The van der Waals surface area contributed by atoms with Gasteiger partial charge >= 0.3 is 6.18 Å². The number of ether oxygens (including phenoxy) is 1. The fourth-order valence-corrected chi connectivity index (χ4v) is 1.87. The summed E-state index contributed by atoms with van der Waals surface area (Å²) in [7, 11) is 0. The highest BCUT2D eigenvalue weighted by Crippen LogP contribution is 2.36. The van der Waals surface area contributed by atoms with Gasteiger partial charge in [-0.2, -0.15) is 13.2 Å². The van der Waals surface area contributed by atoms with E-state index in [2.05, 4.69) is 4.98 Å². The highest BCUT2D eigenvalue weighted by molar-refractivity contribution is 5.75. The minimum absolute atomic E-state index is 0.0304. The number of alkyl halides is 3. The van der Waals surface area contributed by atoms with E-state index in [1.165, 1.54) is 12.3 Å². The third-order valence-corrected chi connectivity index (χ3v) is 2.96. The molecule has 0 aliphatic rings. The predicted molar refractivity (Wildman–Crippen MR) is 69.1 cm³/mol. The molecule has 0 atom stereocenters. The lowest BCUT2D eigenvalue weighted by atomic mass is 10.1. The molecular formula is C14H13F3N2O2. The highest BCUT2D eigenvalue weighted by Gasteiger charge is 2.34. The first kappa shape index (κ1) is 15.1. The van der Waals surface area contributed by atoms with Gasteiger partial charge in [-0.05, 0) is 25.1 Å². The number of imidazole rings is 1. The zero-order valence-electron chi connectivity index (χ0n) is 11.2. The molecule has 112 valence electrons. The standard InChI is InChI=1S/C14H13F3N2O2/c1-2-19-9-18-6-11(19)8-21-13-4-3-10(7-20)5-12(13)14(15,16)17/h3-7,9H,2,8H2,1H3. The minimum Gasteiger partial charge on any atom is -0.487 e. The number of aromatic nitrogens is 2. The summed E-state index contributed by atoms with van der Waals surface area (Å²) in [4.78, 5) is 14.5. The number of aldehydes is 1. The van der Waals surface area contributed by atoms with E-state index < -0.39 is 11.7 Å². The van der Waals surface area contributed by atoms with Gasteiger partial charge in [0.25, 0.3) is 0 Å². The molecule has 1 aromatic carbocycles. The van der Waals surface area contributed by atoms with Crippen molar-refractivity contribution in [2.45, 2.75) is 26.3 Å². The molecule has 0 amide bonds. The van der Waals surface area contributed by atoms with Gasteiger partial charge in [0.1, 0.15) is 18.6 Å². The Morgan fingerprint density at radius 2 is 2.14 bits per heavy atom. The summed E-state index contributed by atoms with van der Waals surface area (Å²) >= 11 is 0. The maximum Gasteiger partial charge on any atom is 0.419 e. The molecule has 0 N–H and O–H groups in total. The third kappa shape index (κ3) is 3.42. The van der Waals surface area contributed by atoms with Crippen molar-refractivity contribution in [1.82, 2.24) is 9.55 Å². The molecule has 0 bridgehead atoms. The monoisotopic (exact) mass is 298 g/mol. The summed E-state index contributed by atoms with van der Waals surface area (Å²) in [6.45, 7) is 2.51. The van der Waals surface area contributed by atoms with E-state index in [1.807, 2.05) is 6.92 Å². The van der Waals surface area contributed by atoms with Crippen molar-refractivity contribution in [3.63, 3.8) is 0 Å². The van der Waals surface area contributed by atoms with Crippen molar-refractivity contribution in [3.8, 4) is 5.75 Å². The van der Waals surface area contributed by atoms with Gasteiger partial charge in [-0.15, -0.1) is 0 Å². The second-order valence-corrected chi connectivity index (χ2v) is 4.33. The molecule has 0 aliphatic heterocycles. The van der Waals surface area contributed by atoms with Gasteiger partial charge in [-0.3, -0.25) is 4.79 Å². The molecule has 0 saturated carbocycles. The Morgan fingerprint density at radius 3 is 2.76 bits per heavy atom. The minimum atomic E-state index is -4.58. The normalized spacial score (nSPS) is 11.4. The molecule has 0 radical (unpaired) electrons. The predicted octanol–water partition coefficient (Wildman–Crippen LogP) is 3.31. The molecule has 0 unspecified atom stereocenters. The van der Waals surface area contributed by atoms with Gasteiger partial charge < -0.3 is 9.30 Å². The molecular weight excluding hydrogens is 285 g/mol. The lowest BCUT2D eigenvalue weighted by molar-refractivity contribution is -0.139. The van der Waals surface area contributed by atoms with Crippen molar-refractivity contribution in [3.05, 3.63) is 47.5 Å². The van der Waals surface area contributed by atoms with Crippen molar-refractivity contribution in [2.24, 2.45) is 0 Å². The quantitative estimate of drug-likeness (QED) is 0.795. The van der Waals surface area contributed by atoms with Crippen LogP contribution in [-0.4, -0.2) is 15.8 Å². The number of aryl methyl sites for hydroxylation is 1. The van der Waals surface area contributed by atoms with Crippen LogP contribution in [0.1, 0.15) is 28.5 Å². The molecule has 7 heteroatoms. The molecule has 1 heterocycles. The smallest absolute Gasteiger partial charge is 0.419 e. The van der Waals surface area contributed by atoms with Crippen LogP contribution in [0.5, 0.6) is 5.75 Å². The van der Waals surface area contributed by atoms with Crippen molar-refractivity contribution in [1.29, 1.82) is 0 Å². The fourth-order valence-electron chi connectivity index (χ4n) is 1.87. The van der Waals surface area contributed by atoms with E-state index in [9.17, 15) is 18.0 Å². The number of carbonyl (C=O) groups is 1. The number of rotatable bonds is 5. The maximum atomic E-state index is 13.0. The SMILES string of the molecule is CCn1cncc1COc1ccc(C=O)cc1C(F)(F)F. The second-order valence-electron chi connectivity index (χ2n) is 4.33. The van der Waals surface area contributed by atoms with Crippen molar-refractivity contribution >= 4 is 6.29 Å². The van der Waals surface area contributed by atoms with E-state index in [-0.39, 0.29) is 17.9 Å². The molecule has 2 rings (SSSR count). The summed E-state index contributed by atoms with van der Waals surface area (Å²) < 4.78 is 45.9. The Labute approximate surface area is 119 Å². The van der Waals surface area contributed by atoms with E-state index in [0.717, 1.165) is 12.1 Å². The number of benzene rings is 1. The number of hydrogen-bond acceptors (Lipinski definition) is 3. The summed E-state index contributed by atoms with van der Waals surface area (Å²) in [5.41, 5.74) is -0.340. The summed E-state index contributed by atoms with van der Waals surface area (Å²) in [5, 5.41) is 0. The Kier molecular flexibility index (Phi) is 4.30. The van der Waals surface area contributed by atoms with Gasteiger partial charge in [0.05, 0.1) is 23.8 Å². The fraction of sp³-hybridized carbons (Fsp3) is 0.286. The highest BCUT2D eigenvalue weighted by atomic mass is 19.4. The van der Waals surface area contributed by atoms with Crippen LogP contribution in [0.15, 0.2) is 30.7 Å². The van der Waals surface area contributed by atoms with Gasteiger partial charge in [-0.25, -0.2) is 4.98 Å². The molecule has 4 nitrogen and oxygen atoms in total. The Balaban J connectivity index is 2.25. The Bertz CT molecular complexity index is 635. The van der Waals surface area contributed by atoms with E-state index in [4.69, 9.17) is 4.74 Å². The number of halogens is 3. The zero-order chi connectivity index (χ0) is 15.5. The van der Waals surface area contributed by atoms with Crippen LogP contribution in [-0.2, 0) is 19.3 Å². The maximum absolute atomic E-state index is 13.0. The molecule has 2 aromatic rings. The van der Waals surface area contributed by atoms with Crippen LogP contribution < -0.4 is 4.74 Å².